The van der Waals surface area contributed by atoms with Gasteiger partial charge in [-0.05, 0) is 44.6 Å². The normalized spacial score (nSPS) is 12.9. The fourth-order valence-electron chi connectivity index (χ4n) is 3.04. The number of hydrogen-bond acceptors (Lipinski definition) is 3. The number of carbonyl (C=O) groups is 1. The average molecular weight is 391 g/mol. The quantitative estimate of drug-likeness (QED) is 0.653. The molecule has 0 aromatic heterocycles. The van der Waals surface area contributed by atoms with Gasteiger partial charge in [-0.3, -0.25) is 9.79 Å². The molecular weight excluding hydrogens is 360 g/mol. The highest BCUT2D eigenvalue weighted by Crippen LogP contribution is 2.22. The average Bonchev–Trinajstić information content (AvgIpc) is 3.06. The summed E-state index contributed by atoms with van der Waals surface area (Å²) in [6, 6.07) is 17.7. The first-order valence-electron chi connectivity index (χ1n) is 9.47. The Morgan fingerprint density at radius 2 is 1.76 bits per heavy atom. The largest absolute Gasteiger partial charge is 0.484 e. The van der Waals surface area contributed by atoms with E-state index < -0.39 is 0 Å². The third-order valence-corrected chi connectivity index (χ3v) is 4.61. The van der Waals surface area contributed by atoms with E-state index in [1.165, 1.54) is 0 Å². The van der Waals surface area contributed by atoms with E-state index in [-0.39, 0.29) is 26.0 Å². The molecule has 4 heteroatoms. The molecule has 0 spiro atoms. The molecule has 1 amide bonds. The van der Waals surface area contributed by atoms with Crippen molar-refractivity contribution in [2.75, 3.05) is 13.2 Å². The Morgan fingerprint density at radius 1 is 1.10 bits per heavy atom. The lowest BCUT2D eigenvalue weighted by atomic mass is 10.1. The minimum absolute atomic E-state index is 0. The highest BCUT2D eigenvalue weighted by Gasteiger charge is 2.22. The van der Waals surface area contributed by atoms with Crippen molar-refractivity contribution in [3.05, 3.63) is 89.6 Å². The first-order valence-corrected chi connectivity index (χ1v) is 9.47. The van der Waals surface area contributed by atoms with Crippen LogP contribution in [-0.4, -0.2) is 35.7 Å². The number of allylic oxidation sites excluding steroid dienone is 2. The van der Waals surface area contributed by atoms with E-state index in [4.69, 9.17) is 9.73 Å². The molecule has 0 atom stereocenters. The topological polar surface area (TPSA) is 41.9 Å². The number of ether oxygens (including phenoxy) is 1. The van der Waals surface area contributed by atoms with Gasteiger partial charge in [0.1, 0.15) is 5.75 Å². The molecule has 0 aliphatic carbocycles. The molecule has 0 unspecified atom stereocenters. The molecule has 0 bridgehead atoms. The molecule has 2 aromatic carbocycles. The van der Waals surface area contributed by atoms with Gasteiger partial charge in [0.15, 0.2) is 6.61 Å². The molecule has 0 radical (unpaired) electrons. The van der Waals surface area contributed by atoms with Gasteiger partial charge in [0, 0.05) is 11.6 Å². The number of aryl methyl sites for hydroxylation is 1. The molecule has 1 aliphatic heterocycles. The molecule has 2 aromatic rings. The molecule has 0 fully saturated rings. The lowest BCUT2D eigenvalue weighted by molar-refractivity contribution is -0.134. The van der Waals surface area contributed by atoms with E-state index in [1.54, 1.807) is 4.90 Å². The molecule has 1 heterocycles. The predicted octanol–water partition coefficient (Wildman–Crippen LogP) is 5.19. The third kappa shape index (κ3) is 5.67. The number of amides is 1. The Labute approximate surface area is 174 Å². The van der Waals surface area contributed by atoms with Gasteiger partial charge in [-0.15, -0.1) is 0 Å². The summed E-state index contributed by atoms with van der Waals surface area (Å²) in [5.74, 6) is 0.631. The molecule has 1 aliphatic rings. The molecule has 29 heavy (non-hydrogen) atoms. The first-order chi connectivity index (χ1) is 13.4. The van der Waals surface area contributed by atoms with Crippen LogP contribution in [0.4, 0.5) is 0 Å². The van der Waals surface area contributed by atoms with Gasteiger partial charge < -0.3 is 9.64 Å². The summed E-state index contributed by atoms with van der Waals surface area (Å²) in [7, 11) is 0. The minimum atomic E-state index is -0.0644. The molecule has 0 saturated heterocycles. The van der Waals surface area contributed by atoms with Gasteiger partial charge in [-0.25, -0.2) is 0 Å². The number of nitrogens with zero attached hydrogens (tertiary/aromatic N) is 2. The van der Waals surface area contributed by atoms with E-state index in [0.29, 0.717) is 12.3 Å². The van der Waals surface area contributed by atoms with Gasteiger partial charge in [0.25, 0.3) is 5.91 Å². The van der Waals surface area contributed by atoms with Gasteiger partial charge in [0.2, 0.25) is 0 Å². The fourth-order valence-corrected chi connectivity index (χ4v) is 3.04. The zero-order valence-corrected chi connectivity index (χ0v) is 16.7. The van der Waals surface area contributed by atoms with Crippen LogP contribution in [0.15, 0.2) is 83.5 Å². The molecule has 3 rings (SSSR count). The van der Waals surface area contributed by atoms with Crippen molar-refractivity contribution in [3.8, 4) is 5.75 Å². The monoisotopic (exact) mass is 390 g/mol. The van der Waals surface area contributed by atoms with E-state index >= 15 is 0 Å². The minimum Gasteiger partial charge on any atom is -0.484 e. The van der Waals surface area contributed by atoms with Crippen LogP contribution in [0.25, 0.3) is 0 Å². The maximum atomic E-state index is 12.7. The molecule has 0 saturated carbocycles. The standard InChI is InChI=1S/C24H26N2O2.CH4/c1-17(2)26(23(27)16-28-22-12-10-18(3)11-13-22)15-21-14-19(4)24(25-21)20-8-6-5-7-9-20;/h5-14,17H,4,15-16H2,1-3H3;1H4. The van der Waals surface area contributed by atoms with Crippen molar-refractivity contribution in [1.29, 1.82) is 0 Å². The molecule has 0 N–H and O–H groups in total. The van der Waals surface area contributed by atoms with Crippen molar-refractivity contribution in [2.24, 2.45) is 4.99 Å². The lowest BCUT2D eigenvalue weighted by Gasteiger charge is -2.26. The maximum absolute atomic E-state index is 12.7. The predicted molar refractivity (Wildman–Crippen MR) is 120 cm³/mol. The van der Waals surface area contributed by atoms with Crippen molar-refractivity contribution in [1.82, 2.24) is 4.90 Å². The number of rotatable bonds is 7. The van der Waals surface area contributed by atoms with Crippen LogP contribution in [0.5, 0.6) is 5.75 Å². The second kappa shape index (κ2) is 9.87. The second-order valence-corrected chi connectivity index (χ2v) is 7.20. The summed E-state index contributed by atoms with van der Waals surface area (Å²) in [6.07, 6.45) is 1.95. The molecular formula is C25H30N2O2. The Kier molecular flexibility index (Phi) is 7.54. The van der Waals surface area contributed by atoms with Gasteiger partial charge in [-0.1, -0.05) is 62.0 Å². The highest BCUT2D eigenvalue weighted by molar-refractivity contribution is 6.16. The van der Waals surface area contributed by atoms with Crippen molar-refractivity contribution in [3.63, 3.8) is 0 Å². The van der Waals surface area contributed by atoms with Crippen LogP contribution < -0.4 is 4.74 Å². The van der Waals surface area contributed by atoms with Crippen LogP contribution in [0.3, 0.4) is 0 Å². The summed E-state index contributed by atoms with van der Waals surface area (Å²) in [5.41, 5.74) is 4.75. The van der Waals surface area contributed by atoms with E-state index in [2.05, 4.69) is 6.58 Å². The summed E-state index contributed by atoms with van der Waals surface area (Å²) in [5, 5.41) is 0. The Balaban J connectivity index is 0.00000300. The summed E-state index contributed by atoms with van der Waals surface area (Å²) in [6.45, 7) is 10.6. The number of carbonyl (C=O) groups excluding carboxylic acids is 1. The second-order valence-electron chi connectivity index (χ2n) is 7.20. The van der Waals surface area contributed by atoms with Crippen molar-refractivity contribution < 1.29 is 9.53 Å². The summed E-state index contributed by atoms with van der Waals surface area (Å²) in [4.78, 5) is 19.2. The Morgan fingerprint density at radius 3 is 2.38 bits per heavy atom. The van der Waals surface area contributed by atoms with E-state index in [9.17, 15) is 4.79 Å². The van der Waals surface area contributed by atoms with Gasteiger partial charge >= 0.3 is 0 Å². The van der Waals surface area contributed by atoms with Gasteiger partial charge in [-0.2, -0.15) is 0 Å². The van der Waals surface area contributed by atoms with Crippen LogP contribution >= 0.6 is 0 Å². The highest BCUT2D eigenvalue weighted by atomic mass is 16.5. The lowest BCUT2D eigenvalue weighted by Crippen LogP contribution is -2.41. The third-order valence-electron chi connectivity index (χ3n) is 4.61. The fraction of sp³-hybridized carbons (Fsp3) is 0.280. The SMILES string of the molecule is C.C=C1C=C(CN(C(=O)COc2ccc(C)cc2)C(C)C)N=C1c1ccccc1. The zero-order valence-electron chi connectivity index (χ0n) is 16.7. The van der Waals surface area contributed by atoms with Crippen LogP contribution in [0.2, 0.25) is 0 Å². The first kappa shape index (κ1) is 22.2. The summed E-state index contributed by atoms with van der Waals surface area (Å²) < 4.78 is 5.67. The van der Waals surface area contributed by atoms with Crippen LogP contribution in [0.1, 0.15) is 32.4 Å². The molecule has 4 nitrogen and oxygen atoms in total. The molecule has 152 valence electrons. The summed E-state index contributed by atoms with van der Waals surface area (Å²) >= 11 is 0. The van der Waals surface area contributed by atoms with Crippen LogP contribution in [-0.2, 0) is 4.79 Å². The number of aliphatic imine (C=N–C) groups is 1. The zero-order chi connectivity index (χ0) is 20.1. The Hall–Kier alpha value is -3.14. The van der Waals surface area contributed by atoms with E-state index in [0.717, 1.165) is 28.1 Å². The number of hydrogen-bond donors (Lipinski definition) is 0. The van der Waals surface area contributed by atoms with Gasteiger partial charge in [0.05, 0.1) is 18.0 Å². The Bertz CT molecular complexity index is 910. The van der Waals surface area contributed by atoms with Crippen molar-refractivity contribution in [2.45, 2.75) is 34.2 Å². The van der Waals surface area contributed by atoms with E-state index in [1.807, 2.05) is 81.4 Å². The van der Waals surface area contributed by atoms with Crippen molar-refractivity contribution >= 4 is 11.6 Å². The maximum Gasteiger partial charge on any atom is 0.261 e. The van der Waals surface area contributed by atoms with Crippen LogP contribution in [0, 0.1) is 6.92 Å². The number of benzene rings is 2. The smallest absolute Gasteiger partial charge is 0.261 e.